The van der Waals surface area contributed by atoms with Gasteiger partial charge in [-0.15, -0.1) is 0 Å². The van der Waals surface area contributed by atoms with Crippen molar-refractivity contribution in [3.63, 3.8) is 0 Å². The fraction of sp³-hybridized carbons (Fsp3) is 0.625. The summed E-state index contributed by atoms with van der Waals surface area (Å²) in [6.07, 6.45) is -7.37. The monoisotopic (exact) mass is 936 g/mol. The molecule has 26 nitrogen and oxygen atoms in total. The molecule has 3 aliphatic rings. The zero-order valence-corrected chi connectivity index (χ0v) is 35.7. The molecule has 0 aliphatic carbocycles. The third-order valence-corrected chi connectivity index (χ3v) is 14.6. The van der Waals surface area contributed by atoms with E-state index < -0.39 is 112 Å². The Morgan fingerprint density at radius 3 is 2.52 bits per heavy atom. The number of carbonyl (C=O) groups excluding carboxylic acids is 3. The number of imidazole rings is 1. The molecule has 342 valence electrons. The van der Waals surface area contributed by atoms with Gasteiger partial charge in [-0.05, 0) is 30.1 Å². The van der Waals surface area contributed by atoms with Crippen molar-refractivity contribution in [1.82, 2.24) is 45.0 Å². The molecule has 0 saturated carbocycles. The van der Waals surface area contributed by atoms with Gasteiger partial charge in [-0.25, -0.2) is 38.1 Å². The van der Waals surface area contributed by atoms with Crippen LogP contribution in [0.2, 0.25) is 0 Å². The minimum Gasteiger partial charge on any atom is -0.382 e. The maximum Gasteiger partial charge on any atom is 0.472 e. The minimum absolute atomic E-state index is 0.0741. The summed E-state index contributed by atoms with van der Waals surface area (Å²) in [6, 6.07) is -1.87. The number of amides is 4. The second kappa shape index (κ2) is 20.0. The number of primary amides is 1. The normalized spacial score (nSPS) is 30.1. The van der Waals surface area contributed by atoms with Crippen molar-refractivity contribution >= 4 is 60.8 Å². The fourth-order valence-electron chi connectivity index (χ4n) is 6.61. The van der Waals surface area contributed by atoms with E-state index in [0.717, 1.165) is 12.3 Å². The summed E-state index contributed by atoms with van der Waals surface area (Å²) in [5.41, 5.74) is 15.7. The lowest BCUT2D eigenvalue weighted by molar-refractivity contribution is -0.130. The highest BCUT2D eigenvalue weighted by Crippen LogP contribution is 2.63. The van der Waals surface area contributed by atoms with Gasteiger partial charge in [0.1, 0.15) is 48.5 Å². The first-order valence-electron chi connectivity index (χ1n) is 19.1. The SMILES string of the molecule is CC(C)C(N)C(=O)NC(CCCNC(N)=O)C(=O)NCCSP1(=O)OC[C@H]2O[C@@H](n3cnc4c(N)ncnc43)C[C@@H]2OP(=O)(O)OC[C@H]2O[C@@H](n3ccc(=O)[nH]c3=O)[C@H](F)[C@@H]2O1. The number of nitrogens with zero attached hydrogens (tertiary/aromatic N) is 5. The predicted molar refractivity (Wildman–Crippen MR) is 215 cm³/mol. The number of anilines is 1. The Morgan fingerprint density at radius 1 is 1.03 bits per heavy atom. The molecule has 0 spiro atoms. The quantitative estimate of drug-likeness (QED) is 0.0730. The van der Waals surface area contributed by atoms with E-state index >= 15 is 4.39 Å². The molecule has 11 atom stereocenters. The average Bonchev–Trinajstić information content (AvgIpc) is 3.90. The van der Waals surface area contributed by atoms with E-state index in [1.165, 1.54) is 17.2 Å². The van der Waals surface area contributed by atoms with E-state index in [9.17, 15) is 38.0 Å². The molecule has 62 heavy (non-hydrogen) atoms. The van der Waals surface area contributed by atoms with Crippen LogP contribution in [0.25, 0.3) is 11.2 Å². The number of halogens is 1. The lowest BCUT2D eigenvalue weighted by atomic mass is 10.0. The highest BCUT2D eigenvalue weighted by molar-refractivity contribution is 8.55. The number of H-pyrrole nitrogens is 1. The number of phosphoric acid groups is 1. The first-order valence-corrected chi connectivity index (χ1v) is 23.8. The zero-order valence-electron chi connectivity index (χ0n) is 33.1. The number of aromatic nitrogens is 6. The van der Waals surface area contributed by atoms with Crippen molar-refractivity contribution < 1.29 is 60.4 Å². The molecule has 11 N–H and O–H groups in total. The summed E-state index contributed by atoms with van der Waals surface area (Å²) in [5, 5.41) is 7.64. The molecule has 0 aromatic carbocycles. The van der Waals surface area contributed by atoms with Gasteiger partial charge in [0.15, 0.2) is 23.9 Å². The number of ether oxygens (including phenoxy) is 2. The third kappa shape index (κ3) is 11.4. The number of rotatable bonds is 14. The van der Waals surface area contributed by atoms with Gasteiger partial charge in [0.25, 0.3) is 5.56 Å². The molecule has 4 amide bonds. The Labute approximate surface area is 354 Å². The number of fused-ring (bicyclic) bond motifs is 3. The standard InChI is InChI=1S/C32H47FN12O14P2S/c1-15(2)23(34)29(48)42-16(4-3-6-38-31(36)49)28(47)37-7-9-62-61(53)55-11-18-17(10-21(56-18)45-14-41-24-26(35)39-13-40-27(24)45)58-60(51,52)54-12-19-25(59-61)22(33)30(57-19)44-8-5-20(46)43-32(44)50/h5,8,13-19,21-23,25,30H,3-4,6-7,9-12,34H2,1-2H3,(H,37,47)(H,42,48)(H,51,52)(H2,35,39,40)(H3,36,38,49)(H,43,46,50)/t16?,17-,18+,19+,21+,22+,23?,25+,30+,61?/m0/s1. The number of hydrogen-bond acceptors (Lipinski definition) is 19. The number of alkyl halides is 1. The largest absolute Gasteiger partial charge is 0.472 e. The Morgan fingerprint density at radius 2 is 1.79 bits per heavy atom. The van der Waals surface area contributed by atoms with Crippen molar-refractivity contribution in [2.75, 3.05) is 37.8 Å². The summed E-state index contributed by atoms with van der Waals surface area (Å²) < 4.78 is 81.1. The van der Waals surface area contributed by atoms with Gasteiger partial charge in [-0.2, -0.15) is 0 Å². The van der Waals surface area contributed by atoms with Crippen LogP contribution in [0.5, 0.6) is 0 Å². The summed E-state index contributed by atoms with van der Waals surface area (Å²) in [5.74, 6) is -1.61. The van der Waals surface area contributed by atoms with E-state index in [1.54, 1.807) is 13.8 Å². The lowest BCUT2D eigenvalue weighted by Crippen LogP contribution is -2.53. The number of phosphoric ester groups is 1. The molecule has 30 heteroatoms. The van der Waals surface area contributed by atoms with Crippen molar-refractivity contribution in [2.24, 2.45) is 17.4 Å². The number of aromatic amines is 1. The van der Waals surface area contributed by atoms with E-state index in [4.69, 9.17) is 44.8 Å². The van der Waals surface area contributed by atoms with Crippen LogP contribution < -0.4 is 44.4 Å². The number of nitrogens with one attached hydrogen (secondary N) is 4. The Kier molecular flexibility index (Phi) is 15.2. The van der Waals surface area contributed by atoms with E-state index in [1.807, 2.05) is 4.98 Å². The highest BCUT2D eigenvalue weighted by Gasteiger charge is 2.53. The van der Waals surface area contributed by atoms with Crippen molar-refractivity contribution in [3.8, 4) is 0 Å². The first kappa shape index (κ1) is 47.1. The van der Waals surface area contributed by atoms with Crippen LogP contribution in [0.1, 0.15) is 45.6 Å². The van der Waals surface area contributed by atoms with Gasteiger partial charge in [0.05, 0.1) is 25.6 Å². The predicted octanol–water partition coefficient (Wildman–Crippen LogP) is -0.727. The molecule has 3 aliphatic heterocycles. The Hall–Kier alpha value is -4.34. The third-order valence-electron chi connectivity index (χ3n) is 9.86. The molecular formula is C32H47FN12O14P2S. The van der Waals surface area contributed by atoms with Crippen LogP contribution in [0.4, 0.5) is 15.0 Å². The van der Waals surface area contributed by atoms with Crippen molar-refractivity contribution in [2.45, 2.75) is 88.2 Å². The summed E-state index contributed by atoms with van der Waals surface area (Å²) in [6.45, 7) is -2.76. The first-order chi connectivity index (χ1) is 29.3. The van der Waals surface area contributed by atoms with Gasteiger partial charge < -0.3 is 47.5 Å². The van der Waals surface area contributed by atoms with Crippen molar-refractivity contribution in [3.05, 3.63) is 45.8 Å². The Balaban J connectivity index is 1.22. The summed E-state index contributed by atoms with van der Waals surface area (Å²) in [4.78, 5) is 86.8. The van der Waals surface area contributed by atoms with Gasteiger partial charge in [-0.3, -0.25) is 46.6 Å². The van der Waals surface area contributed by atoms with Crippen LogP contribution >= 0.6 is 26.0 Å². The molecule has 3 aromatic rings. The molecule has 6 heterocycles. The molecule has 3 fully saturated rings. The number of hydrogen-bond donors (Lipinski definition) is 8. The number of urea groups is 1. The molecule has 0 bridgehead atoms. The number of nitrogens with two attached hydrogens (primary N) is 3. The number of carbonyl (C=O) groups is 3. The van der Waals surface area contributed by atoms with Crippen LogP contribution in [0, 0.1) is 5.92 Å². The molecule has 4 unspecified atom stereocenters. The maximum atomic E-state index is 16.4. The molecule has 3 saturated heterocycles. The topological polar surface area (TPSA) is 374 Å². The highest BCUT2D eigenvalue weighted by atomic mass is 32.7. The second-order valence-electron chi connectivity index (χ2n) is 14.6. The molecular weight excluding hydrogens is 889 g/mol. The van der Waals surface area contributed by atoms with Crippen LogP contribution in [-0.2, 0) is 46.3 Å². The lowest BCUT2D eigenvalue weighted by Gasteiger charge is -2.29. The minimum atomic E-state index is -5.00. The van der Waals surface area contributed by atoms with E-state index in [0.29, 0.717) is 15.9 Å². The summed E-state index contributed by atoms with van der Waals surface area (Å²) in [7, 11) is -5.00. The second-order valence-corrected chi connectivity index (χ2v) is 20.1. The molecule has 6 rings (SSSR count). The van der Waals surface area contributed by atoms with Crippen LogP contribution in [-0.4, -0.2) is 127 Å². The fourth-order valence-corrected chi connectivity index (χ4v) is 10.9. The smallest absolute Gasteiger partial charge is 0.382 e. The van der Waals surface area contributed by atoms with Crippen LogP contribution in [0.15, 0.2) is 34.5 Å². The van der Waals surface area contributed by atoms with Gasteiger partial charge in [0, 0.05) is 37.5 Å². The zero-order chi connectivity index (χ0) is 44.9. The molecule has 0 radical (unpaired) electrons. The van der Waals surface area contributed by atoms with Gasteiger partial charge in [-0.1, -0.05) is 13.8 Å². The van der Waals surface area contributed by atoms with Crippen molar-refractivity contribution in [1.29, 1.82) is 0 Å². The van der Waals surface area contributed by atoms with Gasteiger partial charge in [0.2, 0.25) is 11.8 Å². The summed E-state index contributed by atoms with van der Waals surface area (Å²) >= 11 is 0.543. The van der Waals surface area contributed by atoms with E-state index in [-0.39, 0.29) is 61.0 Å². The molecule has 3 aromatic heterocycles. The van der Waals surface area contributed by atoms with E-state index in [2.05, 4.69) is 30.9 Å². The average molecular weight is 937 g/mol. The maximum absolute atomic E-state index is 16.4. The number of nitrogen functional groups attached to an aromatic ring is 1. The van der Waals surface area contributed by atoms with Gasteiger partial charge >= 0.3 is 26.3 Å². The van der Waals surface area contributed by atoms with Crippen LogP contribution in [0.3, 0.4) is 0 Å². The Bertz CT molecular complexity index is 2320.